The molecule has 0 spiro atoms. The molecule has 0 saturated carbocycles. The van der Waals surface area contributed by atoms with Gasteiger partial charge in [-0.15, -0.1) is 0 Å². The van der Waals surface area contributed by atoms with Crippen LogP contribution in [0.5, 0.6) is 0 Å². The minimum atomic E-state index is -4.64. The zero-order valence-corrected chi connectivity index (χ0v) is 10.5. The summed E-state index contributed by atoms with van der Waals surface area (Å²) in [5.74, 6) is 0.292. The molecule has 0 bridgehead atoms. The summed E-state index contributed by atoms with van der Waals surface area (Å²) in [6.07, 6.45) is 1.81. The Morgan fingerprint density at radius 2 is 1.71 bits per heavy atom. The predicted octanol–water partition coefficient (Wildman–Crippen LogP) is -6.68. The van der Waals surface area contributed by atoms with E-state index in [0.29, 0.717) is 5.91 Å². The van der Waals surface area contributed by atoms with Crippen LogP contribution >= 0.6 is 7.82 Å². The van der Waals surface area contributed by atoms with Gasteiger partial charge in [-0.2, -0.15) is 0 Å². The summed E-state index contributed by atoms with van der Waals surface area (Å²) in [5.41, 5.74) is 0. The van der Waals surface area contributed by atoms with Crippen molar-refractivity contribution in [1.29, 1.82) is 0 Å². The number of likely N-dealkylation sites (tertiary alicyclic amines) is 1. The number of carbonyl (C=O) groups is 1. The maximum atomic E-state index is 10.5. The van der Waals surface area contributed by atoms with Gasteiger partial charge in [0.2, 0.25) is 5.91 Å². The van der Waals surface area contributed by atoms with E-state index in [1.807, 2.05) is 7.05 Å². The van der Waals surface area contributed by atoms with Crippen molar-refractivity contribution in [3.63, 3.8) is 0 Å². The van der Waals surface area contributed by atoms with Crippen LogP contribution in [0.1, 0.15) is 12.8 Å². The van der Waals surface area contributed by atoms with Crippen LogP contribution in [0.4, 0.5) is 0 Å². The minimum Gasteiger partial charge on any atom is -1.00 e. The van der Waals surface area contributed by atoms with E-state index < -0.39 is 7.82 Å². The standard InChI is InChI=1S/C5H9NO.BrH.Li.H3O4P/c1-6-4-2-3-5(6)7;;;1-5(2,3)4/h2-4H2,1H3;1H;;(H3,1,2,3,4)/q;;+1;/p-1. The molecule has 0 aliphatic carbocycles. The Morgan fingerprint density at radius 1 is 1.36 bits per heavy atom. The molecule has 0 radical (unpaired) electrons. The minimum absolute atomic E-state index is 0. The smallest absolute Gasteiger partial charge is 1.00 e. The predicted molar refractivity (Wildman–Crippen MR) is 41.1 cm³/mol. The van der Waals surface area contributed by atoms with Gasteiger partial charge in [0, 0.05) is 20.0 Å². The number of halogens is 1. The molecule has 1 fully saturated rings. The molecule has 1 heterocycles. The van der Waals surface area contributed by atoms with Gasteiger partial charge in [0.15, 0.2) is 0 Å². The fourth-order valence-electron chi connectivity index (χ4n) is 0.783. The third-order valence-corrected chi connectivity index (χ3v) is 1.31. The van der Waals surface area contributed by atoms with Crippen molar-refractivity contribution in [2.24, 2.45) is 0 Å². The Labute approximate surface area is 105 Å². The first kappa shape index (κ1) is 20.1. The van der Waals surface area contributed by atoms with E-state index in [0.717, 1.165) is 19.4 Å². The van der Waals surface area contributed by atoms with Gasteiger partial charge in [-0.3, -0.25) is 4.79 Å². The second kappa shape index (κ2) is 8.93. The van der Waals surface area contributed by atoms with E-state index in [2.05, 4.69) is 0 Å². The molecule has 1 rings (SSSR count). The van der Waals surface area contributed by atoms with E-state index in [9.17, 15) is 4.79 Å². The Bertz CT molecular complexity index is 202. The molecule has 1 saturated heterocycles. The molecule has 6 nitrogen and oxygen atoms in total. The molecule has 1 aliphatic rings. The molecular weight excluding hydrogens is 272 g/mol. The first-order chi connectivity index (χ1) is 5.30. The second-order valence-electron chi connectivity index (χ2n) is 2.43. The number of hydrogen-bond acceptors (Lipinski definition) is 2. The van der Waals surface area contributed by atoms with Crippen molar-refractivity contribution in [2.45, 2.75) is 12.8 Å². The first-order valence-corrected chi connectivity index (χ1v) is 4.89. The van der Waals surface area contributed by atoms with Crippen LogP contribution in [0.15, 0.2) is 0 Å². The fourth-order valence-corrected chi connectivity index (χ4v) is 0.783. The van der Waals surface area contributed by atoms with Crippen molar-refractivity contribution in [3.05, 3.63) is 0 Å². The van der Waals surface area contributed by atoms with Crippen LogP contribution in [-0.4, -0.2) is 39.1 Å². The van der Waals surface area contributed by atoms with Crippen LogP contribution in [0, 0.1) is 0 Å². The number of phosphoric acid groups is 1. The summed E-state index contributed by atoms with van der Waals surface area (Å²) in [5, 5.41) is 0. The van der Waals surface area contributed by atoms with Gasteiger partial charge in [0.25, 0.3) is 0 Å². The van der Waals surface area contributed by atoms with Crippen LogP contribution in [0.25, 0.3) is 0 Å². The van der Waals surface area contributed by atoms with E-state index in [1.54, 1.807) is 4.90 Å². The summed E-state index contributed by atoms with van der Waals surface area (Å²) in [6.45, 7) is 0.957. The summed E-state index contributed by atoms with van der Waals surface area (Å²) in [7, 11) is -2.80. The van der Waals surface area contributed by atoms with Crippen LogP contribution < -0.4 is 35.8 Å². The zero-order chi connectivity index (χ0) is 9.78. The molecule has 80 valence electrons. The summed E-state index contributed by atoms with van der Waals surface area (Å²) >= 11 is 0. The quantitative estimate of drug-likeness (QED) is 0.303. The molecule has 0 atom stereocenters. The van der Waals surface area contributed by atoms with Gasteiger partial charge in [0.1, 0.15) is 0 Å². The molecule has 0 aromatic heterocycles. The monoisotopic (exact) mass is 283 g/mol. The van der Waals surface area contributed by atoms with Gasteiger partial charge in [0.05, 0.1) is 0 Å². The summed E-state index contributed by atoms with van der Waals surface area (Å²) < 4.78 is 8.88. The molecule has 0 aromatic carbocycles. The summed E-state index contributed by atoms with van der Waals surface area (Å²) in [4.78, 5) is 33.8. The van der Waals surface area contributed by atoms with Crippen LogP contribution in [0.3, 0.4) is 0 Å². The molecule has 1 aliphatic heterocycles. The van der Waals surface area contributed by atoms with Gasteiger partial charge in [-0.05, 0) is 6.42 Å². The topological polar surface area (TPSA) is 98.1 Å². The second-order valence-corrected chi connectivity index (χ2v) is 3.46. The Kier molecular flexibility index (Phi) is 12.8. The van der Waals surface area contributed by atoms with Gasteiger partial charge < -0.3 is 36.6 Å². The fraction of sp³-hybridized carbons (Fsp3) is 0.800. The van der Waals surface area contributed by atoms with Gasteiger partial charge in [-0.25, -0.2) is 4.57 Å². The van der Waals surface area contributed by atoms with Gasteiger partial charge >= 0.3 is 26.7 Å². The van der Waals surface area contributed by atoms with E-state index in [1.165, 1.54) is 0 Å². The van der Waals surface area contributed by atoms with E-state index in [4.69, 9.17) is 19.2 Å². The number of amides is 1. The molecule has 1 amide bonds. The maximum absolute atomic E-state index is 10.5. The molecular formula is C5H12BrLiNO5P. The first-order valence-electron chi connectivity index (χ1n) is 3.33. The Balaban J connectivity index is -0.000000159. The van der Waals surface area contributed by atoms with Crippen molar-refractivity contribution in [3.8, 4) is 0 Å². The van der Waals surface area contributed by atoms with E-state index in [-0.39, 0.29) is 35.8 Å². The molecule has 14 heavy (non-hydrogen) atoms. The van der Waals surface area contributed by atoms with Crippen molar-refractivity contribution < 1.29 is 59.9 Å². The normalized spacial score (nSPS) is 14.9. The number of nitrogens with zero attached hydrogens (tertiary/aromatic N) is 1. The van der Waals surface area contributed by atoms with Crippen molar-refractivity contribution in [1.82, 2.24) is 4.90 Å². The third-order valence-electron chi connectivity index (χ3n) is 1.31. The Morgan fingerprint density at radius 3 is 1.79 bits per heavy atom. The average Bonchev–Trinajstić information content (AvgIpc) is 2.12. The van der Waals surface area contributed by atoms with Crippen LogP contribution in [0.2, 0.25) is 0 Å². The SMILES string of the molecule is CN1CCCC1=O.O=P(O)(O)O.[Br-].[Li+]. The molecule has 3 N–H and O–H groups in total. The maximum Gasteiger partial charge on any atom is 1.00 e. The number of carbonyl (C=O) groups excluding carboxylic acids is 1. The molecule has 0 aromatic rings. The largest absolute Gasteiger partial charge is 1.00 e. The average molecular weight is 284 g/mol. The molecule has 0 unspecified atom stereocenters. The molecule has 9 heteroatoms. The summed E-state index contributed by atoms with van der Waals surface area (Å²) in [6, 6.07) is 0. The van der Waals surface area contributed by atoms with Crippen LogP contribution in [-0.2, 0) is 9.36 Å². The van der Waals surface area contributed by atoms with Crippen molar-refractivity contribution >= 4 is 13.7 Å². The zero-order valence-electron chi connectivity index (χ0n) is 8.05. The van der Waals surface area contributed by atoms with Crippen molar-refractivity contribution in [2.75, 3.05) is 13.6 Å². The number of rotatable bonds is 0. The third kappa shape index (κ3) is 15.1. The Hall–Kier alpha value is 0.657. The number of hydrogen-bond donors (Lipinski definition) is 3. The van der Waals surface area contributed by atoms with E-state index >= 15 is 0 Å². The van der Waals surface area contributed by atoms with Gasteiger partial charge in [-0.1, -0.05) is 0 Å².